The molecule has 0 spiro atoms. The van der Waals surface area contributed by atoms with E-state index in [2.05, 4.69) is 24.4 Å². The van der Waals surface area contributed by atoms with Crippen LogP contribution >= 0.6 is 0 Å². The van der Waals surface area contributed by atoms with E-state index in [1.54, 1.807) is 12.1 Å². The van der Waals surface area contributed by atoms with E-state index >= 15 is 0 Å². The number of para-hydroxylation sites is 1. The Bertz CT molecular complexity index is 679. The molecule has 2 aromatic rings. The van der Waals surface area contributed by atoms with E-state index in [1.807, 2.05) is 49.4 Å². The van der Waals surface area contributed by atoms with Crippen LogP contribution in [0, 0.1) is 5.92 Å². The van der Waals surface area contributed by atoms with Crippen molar-refractivity contribution in [1.29, 1.82) is 0 Å². The molecule has 0 unspecified atom stereocenters. The molecule has 0 aliphatic rings. The van der Waals surface area contributed by atoms with Crippen LogP contribution in [-0.4, -0.2) is 11.6 Å². The summed E-state index contributed by atoms with van der Waals surface area (Å²) in [5.74, 6) is 0.991. The number of hydrogen-bond acceptors (Lipinski definition) is 3. The number of rotatable bonds is 7. The zero-order chi connectivity index (χ0) is 17.4. The van der Waals surface area contributed by atoms with Crippen molar-refractivity contribution >= 4 is 11.6 Å². The smallest absolute Gasteiger partial charge is 0.271 e. The molecule has 1 amide bonds. The maximum atomic E-state index is 12.1. The molecular formula is C20H24N2O2. The fourth-order valence-corrected chi connectivity index (χ4v) is 2.04. The topological polar surface area (TPSA) is 50.7 Å². The molecule has 4 nitrogen and oxygen atoms in total. The van der Waals surface area contributed by atoms with Gasteiger partial charge in [0.15, 0.2) is 0 Å². The van der Waals surface area contributed by atoms with Crippen LogP contribution in [0.25, 0.3) is 0 Å². The number of amides is 1. The molecule has 0 heterocycles. The molecule has 0 fully saturated rings. The van der Waals surface area contributed by atoms with Crippen LogP contribution in [-0.2, 0) is 6.61 Å². The maximum Gasteiger partial charge on any atom is 0.271 e. The van der Waals surface area contributed by atoms with Gasteiger partial charge in [0.1, 0.15) is 12.4 Å². The third kappa shape index (κ3) is 5.23. The Morgan fingerprint density at radius 3 is 2.42 bits per heavy atom. The third-order valence-corrected chi connectivity index (χ3v) is 4.02. The second-order valence-corrected chi connectivity index (χ2v) is 5.80. The van der Waals surface area contributed by atoms with E-state index in [4.69, 9.17) is 4.74 Å². The molecule has 0 saturated heterocycles. The first-order valence-electron chi connectivity index (χ1n) is 8.21. The van der Waals surface area contributed by atoms with Gasteiger partial charge in [-0.25, -0.2) is 5.43 Å². The Morgan fingerprint density at radius 1 is 1.12 bits per heavy atom. The number of hydrogen-bond donors (Lipinski definition) is 1. The van der Waals surface area contributed by atoms with Crippen LogP contribution < -0.4 is 10.2 Å². The lowest BCUT2D eigenvalue weighted by Gasteiger charge is -2.09. The molecule has 1 atom stereocenters. The molecule has 24 heavy (non-hydrogen) atoms. The summed E-state index contributed by atoms with van der Waals surface area (Å²) >= 11 is 0. The molecule has 0 aliphatic carbocycles. The van der Waals surface area contributed by atoms with Gasteiger partial charge in [-0.3, -0.25) is 4.79 Å². The van der Waals surface area contributed by atoms with Gasteiger partial charge in [-0.1, -0.05) is 44.2 Å². The second kappa shape index (κ2) is 8.87. The lowest BCUT2D eigenvalue weighted by atomic mass is 10.1. The molecule has 2 rings (SSSR count). The molecule has 4 heteroatoms. The van der Waals surface area contributed by atoms with Crippen LogP contribution in [0.1, 0.15) is 43.1 Å². The Labute approximate surface area is 143 Å². The second-order valence-electron chi connectivity index (χ2n) is 5.80. The SMILES string of the molecule is CC[C@H](C)/C(C)=N\NC(=O)c1ccc(COc2ccccc2)cc1. The van der Waals surface area contributed by atoms with Gasteiger partial charge in [-0.05, 0) is 49.1 Å². The van der Waals surface area contributed by atoms with Crippen LogP contribution in [0.2, 0.25) is 0 Å². The number of nitrogens with zero attached hydrogens (tertiary/aromatic N) is 1. The quantitative estimate of drug-likeness (QED) is 0.605. The van der Waals surface area contributed by atoms with E-state index in [0.717, 1.165) is 23.4 Å². The first-order valence-corrected chi connectivity index (χ1v) is 8.21. The van der Waals surface area contributed by atoms with Gasteiger partial charge in [-0.2, -0.15) is 5.10 Å². The van der Waals surface area contributed by atoms with Crippen LogP contribution in [0.4, 0.5) is 0 Å². The summed E-state index contributed by atoms with van der Waals surface area (Å²) in [5, 5.41) is 4.16. The standard InChI is InChI=1S/C20H24N2O2/c1-4-15(2)16(3)21-22-20(23)18-12-10-17(11-13-18)14-24-19-8-6-5-7-9-19/h5-13,15H,4,14H2,1-3H3,(H,22,23)/b21-16-/t15-/m0/s1. The number of ether oxygens (including phenoxy) is 1. The molecule has 2 aromatic carbocycles. The van der Waals surface area contributed by atoms with Crippen molar-refractivity contribution in [3.8, 4) is 5.75 Å². The molecule has 1 N–H and O–H groups in total. The first kappa shape index (κ1) is 17.7. The Balaban J connectivity index is 1.90. The summed E-state index contributed by atoms with van der Waals surface area (Å²) in [4.78, 5) is 12.1. The summed E-state index contributed by atoms with van der Waals surface area (Å²) < 4.78 is 5.69. The van der Waals surface area contributed by atoms with Gasteiger partial charge in [0.25, 0.3) is 5.91 Å². The van der Waals surface area contributed by atoms with Gasteiger partial charge >= 0.3 is 0 Å². The average molecular weight is 324 g/mol. The van der Waals surface area contributed by atoms with Crippen LogP contribution in [0.3, 0.4) is 0 Å². The lowest BCUT2D eigenvalue weighted by molar-refractivity contribution is 0.0954. The zero-order valence-electron chi connectivity index (χ0n) is 14.5. The first-order chi connectivity index (χ1) is 11.6. The summed E-state index contributed by atoms with van der Waals surface area (Å²) in [6, 6.07) is 17.0. The van der Waals surface area contributed by atoms with Crippen molar-refractivity contribution in [1.82, 2.24) is 5.43 Å². The predicted molar refractivity (Wildman–Crippen MR) is 97.2 cm³/mol. The van der Waals surface area contributed by atoms with Gasteiger partial charge in [0.2, 0.25) is 0 Å². The lowest BCUT2D eigenvalue weighted by Crippen LogP contribution is -2.21. The largest absolute Gasteiger partial charge is 0.489 e. The highest BCUT2D eigenvalue weighted by Gasteiger charge is 2.07. The molecule has 126 valence electrons. The van der Waals surface area contributed by atoms with Crippen LogP contribution in [0.5, 0.6) is 5.75 Å². The Hall–Kier alpha value is -2.62. The van der Waals surface area contributed by atoms with Crippen LogP contribution in [0.15, 0.2) is 59.7 Å². The minimum Gasteiger partial charge on any atom is -0.489 e. The maximum absolute atomic E-state index is 12.1. The number of nitrogens with one attached hydrogen (secondary N) is 1. The van der Waals surface area contributed by atoms with Gasteiger partial charge in [-0.15, -0.1) is 0 Å². The fraction of sp³-hybridized carbons (Fsp3) is 0.300. The van der Waals surface area contributed by atoms with E-state index in [9.17, 15) is 4.79 Å². The number of hydrazone groups is 1. The van der Waals surface area contributed by atoms with E-state index in [1.165, 1.54) is 0 Å². The minimum absolute atomic E-state index is 0.201. The van der Waals surface area contributed by atoms with E-state index in [-0.39, 0.29) is 5.91 Å². The molecule has 0 saturated carbocycles. The highest BCUT2D eigenvalue weighted by atomic mass is 16.5. The predicted octanol–water partition coefficient (Wildman–Crippen LogP) is 4.42. The minimum atomic E-state index is -0.201. The molecule has 0 aliphatic heterocycles. The monoisotopic (exact) mass is 324 g/mol. The number of carbonyl (C=O) groups excluding carboxylic acids is 1. The van der Waals surface area contributed by atoms with Gasteiger partial charge in [0.05, 0.1) is 0 Å². The van der Waals surface area contributed by atoms with Gasteiger partial charge in [0, 0.05) is 11.3 Å². The van der Waals surface area contributed by atoms with E-state index < -0.39 is 0 Å². The molecule has 0 radical (unpaired) electrons. The summed E-state index contributed by atoms with van der Waals surface area (Å²) in [7, 11) is 0. The Morgan fingerprint density at radius 2 is 1.79 bits per heavy atom. The van der Waals surface area contributed by atoms with E-state index in [0.29, 0.717) is 18.1 Å². The number of carbonyl (C=O) groups is 1. The van der Waals surface area contributed by atoms with Crippen molar-refractivity contribution < 1.29 is 9.53 Å². The normalized spacial score (nSPS) is 12.5. The van der Waals surface area contributed by atoms with Gasteiger partial charge < -0.3 is 4.74 Å². The number of benzene rings is 2. The summed E-state index contributed by atoms with van der Waals surface area (Å²) in [6.07, 6.45) is 1.00. The zero-order valence-corrected chi connectivity index (χ0v) is 14.5. The van der Waals surface area contributed by atoms with Crippen molar-refractivity contribution in [2.45, 2.75) is 33.8 Å². The highest BCUT2D eigenvalue weighted by molar-refractivity contribution is 5.95. The fourth-order valence-electron chi connectivity index (χ4n) is 2.04. The average Bonchev–Trinajstić information content (AvgIpc) is 2.64. The van der Waals surface area contributed by atoms with Crippen molar-refractivity contribution in [3.05, 3.63) is 65.7 Å². The highest BCUT2D eigenvalue weighted by Crippen LogP contribution is 2.12. The summed E-state index contributed by atoms with van der Waals surface area (Å²) in [6.45, 7) is 6.59. The van der Waals surface area contributed by atoms with Crippen molar-refractivity contribution in [2.24, 2.45) is 11.0 Å². The Kier molecular flexibility index (Phi) is 6.55. The van der Waals surface area contributed by atoms with Crippen molar-refractivity contribution in [3.63, 3.8) is 0 Å². The third-order valence-electron chi connectivity index (χ3n) is 4.02. The van der Waals surface area contributed by atoms with Crippen molar-refractivity contribution in [2.75, 3.05) is 0 Å². The molecule has 0 aromatic heterocycles. The summed E-state index contributed by atoms with van der Waals surface area (Å²) in [5.41, 5.74) is 5.13. The molecular weight excluding hydrogens is 300 g/mol. The molecule has 0 bridgehead atoms.